The molecule has 0 aliphatic carbocycles. The van der Waals surface area contributed by atoms with E-state index in [9.17, 15) is 80.0 Å². The van der Waals surface area contributed by atoms with Crippen LogP contribution < -0.4 is 193 Å². The van der Waals surface area contributed by atoms with E-state index in [1.807, 2.05) is 0 Å². The number of rotatable bonds is 26. The third kappa shape index (κ3) is 94.4. The van der Waals surface area contributed by atoms with Crippen LogP contribution in [-0.4, -0.2) is 229 Å². The number of carboxylic acid groups (broad SMARTS) is 4. The van der Waals surface area contributed by atoms with E-state index in [0.717, 1.165) is 9.80 Å². The summed E-state index contributed by atoms with van der Waals surface area (Å²) in [6, 6.07) is 0. The number of carbonyl (C=O) groups excluding carboxylic acids is 7. The summed E-state index contributed by atoms with van der Waals surface area (Å²) in [6.07, 6.45) is -0.931. The van der Waals surface area contributed by atoms with Gasteiger partial charge in [-0.2, -0.15) is 26.3 Å². The molecular weight excluding hydrogens is 1300 g/mol. The number of alkyl halides is 6. The number of hydrogen-bond acceptors (Lipinski definition) is 24. The Balaban J connectivity index is -0.0000000546. The van der Waals surface area contributed by atoms with E-state index in [0.29, 0.717) is 18.8 Å². The van der Waals surface area contributed by atoms with Crippen molar-refractivity contribution in [3.8, 4) is 0 Å². The Morgan fingerprint density at radius 1 is 0.474 bits per heavy atom. The van der Waals surface area contributed by atoms with Crippen molar-refractivity contribution in [2.75, 3.05) is 58.9 Å². The summed E-state index contributed by atoms with van der Waals surface area (Å²) in [5.74, 6) is -9.06. The smallest absolute Gasteiger partial charge is 0.741 e. The molecule has 0 bridgehead atoms. The average Bonchev–Trinajstić information content (AvgIpc) is 3.06. The fourth-order valence-corrected chi connectivity index (χ4v) is 4.07. The van der Waals surface area contributed by atoms with Crippen molar-refractivity contribution in [3.63, 3.8) is 0 Å². The van der Waals surface area contributed by atoms with Crippen molar-refractivity contribution in [1.82, 2.24) is 14.7 Å². The molecule has 29 nitrogen and oxygen atoms in total. The predicted octanol–water partition coefficient (Wildman–Crippen LogP) is -27.6. The van der Waals surface area contributed by atoms with Gasteiger partial charge in [-0.05, 0) is 40.5 Å². The zero-order valence-corrected chi connectivity index (χ0v) is 64.3. The van der Waals surface area contributed by atoms with Crippen LogP contribution in [0.15, 0.2) is 0 Å². The Morgan fingerprint density at radius 3 is 0.821 bits per heavy atom. The fourth-order valence-electron chi connectivity index (χ4n) is 4.07. The summed E-state index contributed by atoms with van der Waals surface area (Å²) in [5.41, 5.74) is -11.3. The van der Waals surface area contributed by atoms with Crippen molar-refractivity contribution < 1.29 is 368 Å². The maximum Gasteiger partial charge on any atom is 1.00 e. The normalized spacial score (nSPS) is 11.6. The SMILES string of the molecule is CC(O)CC(C)O.CC(O)CC(C)O.O=C([O-])CN(CCN(CC(=O)[O-])CC(=O)O)CC(=O)[O-].O=C([OH2+])C[C+](CCN(CC(=O)[OH2+])CC(=O)[OH2+])CC(=O)[OH2+].O=S(=O)([O-])C(F)(F)F.O=S(=O)([O-])C(F)(F)F.[Na+].[Na+].[Na+].[Na+].[Na+].[Na+].[Zn].[Zn]. The number of hydrogen-bond donors (Lipinski definition) is 5. The fraction of sp³-hybridized carbons (Fsp3) is 0.727. The van der Waals surface area contributed by atoms with Crippen LogP contribution in [0.2, 0.25) is 0 Å². The van der Waals surface area contributed by atoms with Gasteiger partial charge in [-0.3, -0.25) is 19.5 Å². The molecule has 0 amide bonds. The molecule has 0 saturated carbocycles. The maximum atomic E-state index is 10.7. The first kappa shape index (κ1) is 115. The number of nitrogens with zero attached hydrogens (tertiary/aromatic N) is 3. The molecule has 0 aromatic rings. The van der Waals surface area contributed by atoms with Gasteiger partial charge >= 0.3 is 218 Å². The summed E-state index contributed by atoms with van der Waals surface area (Å²) in [6.45, 7) is 3.08. The van der Waals surface area contributed by atoms with E-state index in [4.69, 9.17) is 71.9 Å². The minimum absolute atomic E-state index is 0. The number of halogens is 6. The molecule has 0 fully saturated rings. The topological polar surface area (TPSA) is 523 Å². The van der Waals surface area contributed by atoms with Gasteiger partial charge in [0.25, 0.3) is 0 Å². The van der Waals surface area contributed by atoms with E-state index < -0.39 is 105 Å². The number of aliphatic carboxylic acids is 4. The third-order valence-electron chi connectivity index (χ3n) is 6.42. The predicted molar refractivity (Wildman–Crippen MR) is 211 cm³/mol. The van der Waals surface area contributed by atoms with Crippen LogP contribution in [0.1, 0.15) is 59.8 Å². The molecule has 0 aliphatic rings. The van der Waals surface area contributed by atoms with Gasteiger partial charge in [0.15, 0.2) is 33.3 Å². The first-order valence-corrected chi connectivity index (χ1v) is 21.5. The van der Waals surface area contributed by atoms with Crippen molar-refractivity contribution in [3.05, 3.63) is 5.92 Å². The van der Waals surface area contributed by atoms with Crippen molar-refractivity contribution >= 4 is 68.0 Å². The molecule has 45 heteroatoms. The number of aliphatic hydroxyl groups is 4. The van der Waals surface area contributed by atoms with Crippen molar-refractivity contribution in [2.24, 2.45) is 0 Å². The summed E-state index contributed by atoms with van der Waals surface area (Å²) >= 11 is 0. The first-order chi connectivity index (χ1) is 31.2. The van der Waals surface area contributed by atoms with Gasteiger partial charge in [0, 0.05) is 97.4 Å². The van der Waals surface area contributed by atoms with Gasteiger partial charge in [0.05, 0.1) is 48.9 Å². The molecular formula is C33H57F6N3Na6O26S2Zn2+6. The van der Waals surface area contributed by atoms with E-state index in [-0.39, 0.29) is 293 Å². The minimum Gasteiger partial charge on any atom is -0.741 e. The maximum absolute atomic E-state index is 10.7. The zero-order chi connectivity index (χ0) is 57.1. The Bertz CT molecular complexity index is 1570. The van der Waals surface area contributed by atoms with Crippen LogP contribution in [-0.2, 0) is 97.5 Å². The molecule has 0 rings (SSSR count). The van der Waals surface area contributed by atoms with E-state index in [1.165, 1.54) is 4.90 Å². The molecule has 0 radical (unpaired) electrons. The Hall–Kier alpha value is 2.00. The van der Waals surface area contributed by atoms with Crippen molar-refractivity contribution in [2.45, 2.75) is 95.2 Å². The number of carbonyl (C=O) groups is 8. The summed E-state index contributed by atoms with van der Waals surface area (Å²) in [4.78, 5) is 87.8. The first-order valence-electron chi connectivity index (χ1n) is 18.7. The second kappa shape index (κ2) is 62.1. The van der Waals surface area contributed by atoms with Crippen LogP contribution in [0, 0.1) is 5.92 Å². The van der Waals surface area contributed by atoms with Gasteiger partial charge in [-0.1, -0.05) is 0 Å². The second-order valence-corrected chi connectivity index (χ2v) is 16.6. The summed E-state index contributed by atoms with van der Waals surface area (Å²) in [7, 11) is -12.2. The van der Waals surface area contributed by atoms with Gasteiger partial charge in [0.1, 0.15) is 12.3 Å². The van der Waals surface area contributed by atoms with Gasteiger partial charge in [-0.15, -0.1) is 0 Å². The monoisotopic (exact) mass is 1360 g/mol. The van der Waals surface area contributed by atoms with Crippen LogP contribution in [0.5, 0.6) is 0 Å². The molecule has 0 aromatic carbocycles. The van der Waals surface area contributed by atoms with E-state index in [2.05, 4.69) is 0 Å². The van der Waals surface area contributed by atoms with E-state index >= 15 is 0 Å². The largest absolute Gasteiger partial charge is 1.00 e. The van der Waals surface area contributed by atoms with E-state index in [1.54, 1.807) is 27.7 Å². The van der Waals surface area contributed by atoms with Gasteiger partial charge < -0.3 is 84.8 Å². The quantitative estimate of drug-likeness (QED) is 0.0134. The molecule has 0 aromatic heterocycles. The number of carboxylic acids is 4. The molecule has 0 saturated heterocycles. The molecule has 0 spiro atoms. The molecule has 0 heterocycles. The third-order valence-corrected chi connectivity index (χ3v) is 7.55. The second-order valence-electron chi connectivity index (χ2n) is 13.9. The van der Waals surface area contributed by atoms with Crippen molar-refractivity contribution in [1.29, 1.82) is 0 Å². The summed E-state index contributed by atoms with van der Waals surface area (Å²) < 4.78 is 118. The average molecular weight is 1360 g/mol. The molecule has 418 valence electrons. The van der Waals surface area contributed by atoms with Crippen LogP contribution >= 0.6 is 0 Å². The van der Waals surface area contributed by atoms with Gasteiger partial charge in [0.2, 0.25) is 12.8 Å². The Labute approximate surface area is 602 Å². The zero-order valence-electron chi connectivity index (χ0n) is 44.7. The molecule has 13 N–H and O–H groups in total. The Morgan fingerprint density at radius 2 is 0.679 bits per heavy atom. The van der Waals surface area contributed by atoms with Crippen LogP contribution in [0.4, 0.5) is 26.3 Å². The standard InChI is InChI=1S/C11H15NO8.C10H16N2O8.2C5H12O2.2CHF3O3S.6Na.2Zn/c13-8(14)3-7(4-9(15)16)1-2-12(5-10(17)18)6-11(19)20;13-7(14)3-11(4-8(15)16)1-2-12(5-9(17)18)6-10(19)20;2*1-4(6)3-5(2)7;2*2-1(3,4)8(5,6)7;;;;;;;;/h1-6H2,(H3-,13,14,15,16,17,18,19,20);1-6H2,(H,13,14)(H,15,16)(H,17,18)(H,19,20);2*4-7H,3H2,1-2H3;2*(H,5,6,7);;;;;;;;/q;;;;;;6*+1;;. The number of aliphatic hydroxyl groups excluding tert-OH is 4. The van der Waals surface area contributed by atoms with Crippen LogP contribution in [0.3, 0.4) is 0 Å². The Kier molecular flexibility index (Phi) is 91.2. The minimum atomic E-state index is -6.09. The summed E-state index contributed by atoms with van der Waals surface area (Å²) in [5, 5.41) is 101. The molecule has 78 heavy (non-hydrogen) atoms. The van der Waals surface area contributed by atoms with Gasteiger partial charge in [-0.25, -0.2) is 16.8 Å². The molecule has 4 atom stereocenters. The van der Waals surface area contributed by atoms with Crippen LogP contribution in [0.25, 0.3) is 0 Å². The molecule has 4 unspecified atom stereocenters. The molecule has 0 aliphatic heterocycles.